The fourth-order valence-electron chi connectivity index (χ4n) is 8.26. The monoisotopic (exact) mass is 757 g/mol. The van der Waals surface area contributed by atoms with Gasteiger partial charge in [-0.05, 0) is 104 Å². The van der Waals surface area contributed by atoms with E-state index >= 15 is 0 Å². The quantitative estimate of drug-likeness (QED) is 0.0763. The first kappa shape index (κ1) is 37.2. The molecule has 2 atom stereocenters. The molecule has 2 bridgehead atoms. The maximum absolute atomic E-state index is 13.2. The van der Waals surface area contributed by atoms with Crippen molar-refractivity contribution in [2.24, 2.45) is 5.92 Å². The lowest BCUT2D eigenvalue weighted by atomic mass is 9.86. The highest BCUT2D eigenvalue weighted by Gasteiger charge is 2.36. The third-order valence-electron chi connectivity index (χ3n) is 11.3. The van der Waals surface area contributed by atoms with Gasteiger partial charge in [-0.3, -0.25) is 19.6 Å². The molecule has 2 aromatic heterocycles. The number of aliphatic hydroxyl groups is 1. The van der Waals surface area contributed by atoms with Crippen LogP contribution in [0.25, 0.3) is 33.1 Å². The Morgan fingerprint density at radius 3 is 2.55 bits per heavy atom. The zero-order chi connectivity index (χ0) is 38.6. The number of aromatic hydroxyl groups is 1. The summed E-state index contributed by atoms with van der Waals surface area (Å²) < 4.78 is 13.3. The molecule has 56 heavy (non-hydrogen) atoms. The lowest BCUT2D eigenvalue weighted by molar-refractivity contribution is -0.0289. The number of carbonyl (C=O) groups is 1. The van der Waals surface area contributed by atoms with Crippen molar-refractivity contribution >= 4 is 33.8 Å². The van der Waals surface area contributed by atoms with Gasteiger partial charge in [0.15, 0.2) is 5.58 Å². The molecular formula is C44H47N5O7. The van der Waals surface area contributed by atoms with E-state index in [4.69, 9.17) is 9.15 Å². The van der Waals surface area contributed by atoms with Gasteiger partial charge in [-0.2, -0.15) is 0 Å². The summed E-state index contributed by atoms with van der Waals surface area (Å²) in [6.45, 7) is 4.17. The standard InChI is InChI=1S/C44H47N5O7/c50-37-16-13-33(34-14-17-41(52)47-42(34)37)38(51)26-45-25-29-11-15-36-39(24-29)56-44(54)49(36)20-6-2-3-7-28-10-12-32(30-8-4-1-5-9-30)35(23-28)46-43(53)55-40-27-48-21-18-31(40)19-22-48/h1,4-5,8-17,23-24,31,38,40,45,50-51H,2-3,6-7,18-22,25-27H2,(H,46,53)(H,47,52)/t38?,40-/m0/s1. The van der Waals surface area contributed by atoms with E-state index < -0.39 is 18.0 Å². The molecule has 0 saturated carbocycles. The Hall–Kier alpha value is -5.69. The number of H-pyrrole nitrogens is 1. The predicted octanol–water partition coefficient (Wildman–Crippen LogP) is 6.69. The molecule has 6 aromatic rings. The first-order valence-electron chi connectivity index (χ1n) is 19.5. The van der Waals surface area contributed by atoms with Crippen LogP contribution in [-0.2, 0) is 24.2 Å². The van der Waals surface area contributed by atoms with Crippen molar-refractivity contribution in [2.45, 2.75) is 63.8 Å². The molecule has 3 saturated heterocycles. The Balaban J connectivity index is 0.843. The van der Waals surface area contributed by atoms with E-state index in [1.807, 2.05) is 48.5 Å². The number of phenolic OH excluding ortho intramolecular Hbond substituents is 1. The molecule has 0 spiro atoms. The van der Waals surface area contributed by atoms with Gasteiger partial charge in [0.05, 0.1) is 22.8 Å². The minimum absolute atomic E-state index is 0.0595. The zero-order valence-electron chi connectivity index (χ0n) is 31.2. The minimum Gasteiger partial charge on any atom is -0.506 e. The Kier molecular flexibility index (Phi) is 11.0. The van der Waals surface area contributed by atoms with Crippen LogP contribution in [0.2, 0.25) is 0 Å². The van der Waals surface area contributed by atoms with Crippen LogP contribution in [0.15, 0.2) is 105 Å². The van der Waals surface area contributed by atoms with Crippen molar-refractivity contribution in [3.8, 4) is 16.9 Å². The summed E-state index contributed by atoms with van der Waals surface area (Å²) in [6.07, 6.45) is 4.24. The number of aromatic nitrogens is 2. The third kappa shape index (κ3) is 8.28. The highest BCUT2D eigenvalue weighted by molar-refractivity contribution is 5.92. The molecule has 3 fully saturated rings. The van der Waals surface area contributed by atoms with Gasteiger partial charge in [-0.15, -0.1) is 0 Å². The number of oxazole rings is 1. The van der Waals surface area contributed by atoms with Gasteiger partial charge >= 0.3 is 11.8 Å². The average Bonchev–Trinajstić information content (AvgIpc) is 3.52. The van der Waals surface area contributed by atoms with Crippen LogP contribution in [0.5, 0.6) is 5.75 Å². The smallest absolute Gasteiger partial charge is 0.419 e. The number of aryl methyl sites for hydroxylation is 2. The number of aliphatic hydroxyl groups excluding tert-OH is 1. The summed E-state index contributed by atoms with van der Waals surface area (Å²) in [5.74, 6) is -0.0178. The Bertz CT molecular complexity index is 2450. The number of hydrogen-bond acceptors (Lipinski definition) is 9. The molecule has 1 amide bonds. The number of ether oxygens (including phenoxy) is 1. The number of pyridine rings is 1. The molecular weight excluding hydrogens is 711 g/mol. The molecule has 5 heterocycles. The molecule has 3 aliphatic heterocycles. The van der Waals surface area contributed by atoms with Crippen molar-refractivity contribution < 1.29 is 24.2 Å². The van der Waals surface area contributed by atoms with E-state index in [0.29, 0.717) is 35.5 Å². The summed E-state index contributed by atoms with van der Waals surface area (Å²) in [4.78, 5) is 42.7. The summed E-state index contributed by atoms with van der Waals surface area (Å²) in [6, 6.07) is 28.0. The summed E-state index contributed by atoms with van der Waals surface area (Å²) in [5.41, 5.74) is 6.51. The number of nitrogens with one attached hydrogen (secondary N) is 3. The number of piperidine rings is 3. The number of phenols is 1. The maximum Gasteiger partial charge on any atom is 0.419 e. The maximum atomic E-state index is 13.2. The van der Waals surface area contributed by atoms with Gasteiger partial charge in [0.1, 0.15) is 11.9 Å². The van der Waals surface area contributed by atoms with E-state index in [9.17, 15) is 24.6 Å². The van der Waals surface area contributed by atoms with Crippen LogP contribution in [0.4, 0.5) is 10.5 Å². The number of aromatic amines is 1. The van der Waals surface area contributed by atoms with Crippen LogP contribution < -0.4 is 21.9 Å². The number of unbranched alkanes of at least 4 members (excludes halogenated alkanes) is 2. The SMILES string of the molecule is O=C(Nc1cc(CCCCCn2c(=O)oc3cc(CNCC(O)c4ccc(O)c5[nH]c(=O)ccc45)ccc32)ccc1-c1ccccc1)O[C@H]1CN2CCC1CC2. The van der Waals surface area contributed by atoms with Gasteiger partial charge in [-0.1, -0.05) is 61.0 Å². The fraction of sp³-hybridized carbons (Fsp3) is 0.341. The highest BCUT2D eigenvalue weighted by atomic mass is 16.6. The molecule has 9 rings (SSSR count). The number of nitrogens with zero attached hydrogens (tertiary/aromatic N) is 2. The number of fused-ring (bicyclic) bond motifs is 5. The minimum atomic E-state index is -0.887. The predicted molar refractivity (Wildman–Crippen MR) is 216 cm³/mol. The van der Waals surface area contributed by atoms with Crippen LogP contribution in [-0.4, -0.2) is 63.0 Å². The van der Waals surface area contributed by atoms with Gasteiger partial charge < -0.3 is 29.7 Å². The van der Waals surface area contributed by atoms with Crippen LogP contribution in [0.3, 0.4) is 0 Å². The second-order valence-corrected chi connectivity index (χ2v) is 15.0. The lowest BCUT2D eigenvalue weighted by Gasteiger charge is -2.43. The molecule has 3 aliphatic rings. The first-order valence-corrected chi connectivity index (χ1v) is 19.5. The lowest BCUT2D eigenvalue weighted by Crippen LogP contribution is -2.52. The molecule has 12 heteroatoms. The number of amides is 1. The number of anilines is 1. The molecule has 4 aromatic carbocycles. The van der Waals surface area contributed by atoms with Gasteiger partial charge in [0, 0.05) is 43.2 Å². The van der Waals surface area contributed by atoms with E-state index in [2.05, 4.69) is 38.7 Å². The molecule has 5 N–H and O–H groups in total. The molecule has 0 aliphatic carbocycles. The van der Waals surface area contributed by atoms with E-state index in [0.717, 1.165) is 91.6 Å². The molecule has 12 nitrogen and oxygen atoms in total. The number of benzene rings is 4. The normalized spacial score (nSPS) is 18.3. The Morgan fingerprint density at radius 2 is 1.75 bits per heavy atom. The summed E-state index contributed by atoms with van der Waals surface area (Å²) in [7, 11) is 0. The Labute approximate surface area is 323 Å². The van der Waals surface area contributed by atoms with Crippen molar-refractivity contribution in [3.05, 3.63) is 129 Å². The van der Waals surface area contributed by atoms with E-state index in [1.54, 1.807) is 16.7 Å². The fourth-order valence-corrected chi connectivity index (χ4v) is 8.26. The second-order valence-electron chi connectivity index (χ2n) is 15.0. The molecule has 1 unspecified atom stereocenters. The number of rotatable bonds is 14. The van der Waals surface area contributed by atoms with Crippen LogP contribution >= 0.6 is 0 Å². The highest BCUT2D eigenvalue weighted by Crippen LogP contribution is 2.33. The summed E-state index contributed by atoms with van der Waals surface area (Å²) >= 11 is 0. The van der Waals surface area contributed by atoms with Crippen LogP contribution in [0, 0.1) is 5.92 Å². The molecule has 0 radical (unpaired) electrons. The van der Waals surface area contributed by atoms with Crippen molar-refractivity contribution in [3.63, 3.8) is 0 Å². The van der Waals surface area contributed by atoms with Crippen molar-refractivity contribution in [1.82, 2.24) is 19.8 Å². The first-order chi connectivity index (χ1) is 27.3. The largest absolute Gasteiger partial charge is 0.506 e. The number of hydrogen-bond donors (Lipinski definition) is 5. The number of carbonyl (C=O) groups excluding carboxylic acids is 1. The van der Waals surface area contributed by atoms with E-state index in [1.165, 1.54) is 12.1 Å². The molecule has 290 valence electrons. The third-order valence-corrected chi connectivity index (χ3v) is 11.3. The van der Waals surface area contributed by atoms with Gasteiger partial charge in [0.25, 0.3) is 0 Å². The zero-order valence-corrected chi connectivity index (χ0v) is 31.2. The van der Waals surface area contributed by atoms with Crippen molar-refractivity contribution in [2.75, 3.05) is 31.5 Å². The van der Waals surface area contributed by atoms with Crippen LogP contribution in [0.1, 0.15) is 54.9 Å². The average molecular weight is 758 g/mol. The topological polar surface area (TPSA) is 162 Å². The van der Waals surface area contributed by atoms with E-state index in [-0.39, 0.29) is 29.5 Å². The van der Waals surface area contributed by atoms with Crippen molar-refractivity contribution in [1.29, 1.82) is 0 Å². The Morgan fingerprint density at radius 1 is 0.929 bits per heavy atom. The summed E-state index contributed by atoms with van der Waals surface area (Å²) in [5, 5.41) is 27.9. The second kappa shape index (κ2) is 16.6. The van der Waals surface area contributed by atoms with Gasteiger partial charge in [-0.25, -0.2) is 9.59 Å². The van der Waals surface area contributed by atoms with Gasteiger partial charge in [0.2, 0.25) is 5.56 Å².